The van der Waals surface area contributed by atoms with Crippen molar-refractivity contribution in [3.63, 3.8) is 0 Å². The summed E-state index contributed by atoms with van der Waals surface area (Å²) in [7, 11) is 0. The molecule has 0 bridgehead atoms. The number of halogens is 1. The average Bonchev–Trinajstić information content (AvgIpc) is 3.49. The zero-order chi connectivity index (χ0) is 24.4. The van der Waals surface area contributed by atoms with Crippen LogP contribution in [0.5, 0.6) is 0 Å². The van der Waals surface area contributed by atoms with Gasteiger partial charge in [-0.3, -0.25) is 14.3 Å². The van der Waals surface area contributed by atoms with E-state index in [1.165, 1.54) is 30.2 Å². The first-order valence-electron chi connectivity index (χ1n) is 12.4. The van der Waals surface area contributed by atoms with Gasteiger partial charge >= 0.3 is 0 Å². The van der Waals surface area contributed by atoms with E-state index in [0.717, 1.165) is 25.7 Å². The zero-order valence-corrected chi connectivity index (χ0v) is 20.0. The maximum absolute atomic E-state index is 14.6. The largest absolute Gasteiger partial charge is 0.463 e. The third-order valence-corrected chi connectivity index (χ3v) is 7.29. The van der Waals surface area contributed by atoms with Crippen LogP contribution in [0.25, 0.3) is 11.5 Å². The van der Waals surface area contributed by atoms with E-state index in [0.29, 0.717) is 22.7 Å². The lowest BCUT2D eigenvalue weighted by Crippen LogP contribution is -2.64. The molecule has 184 valence electrons. The standard InChI is InChI=1S/C27H31FN4O3/c1-27(26(34)29-20-11-5-3-2-4-6-12-20)18-32-23(16-22(30-32)24-14-9-15-35-24)25(33)31(27)17-19-10-7-8-13-21(19)28/h7-10,13-16,20H,2-6,11-12,17-18H2,1H3,(H,29,34)/t27-/m1/s1. The minimum Gasteiger partial charge on any atom is -0.463 e. The van der Waals surface area contributed by atoms with Gasteiger partial charge in [0.15, 0.2) is 5.76 Å². The minimum absolute atomic E-state index is 0.0125. The Bertz CT molecular complexity index is 1200. The fourth-order valence-corrected chi connectivity index (χ4v) is 5.17. The molecular formula is C27H31FN4O3. The number of rotatable bonds is 5. The van der Waals surface area contributed by atoms with E-state index in [1.54, 1.807) is 54.3 Å². The van der Waals surface area contributed by atoms with Gasteiger partial charge in [-0.25, -0.2) is 4.39 Å². The topological polar surface area (TPSA) is 80.4 Å². The molecule has 35 heavy (non-hydrogen) atoms. The zero-order valence-electron chi connectivity index (χ0n) is 20.0. The van der Waals surface area contributed by atoms with Crippen LogP contribution in [0.2, 0.25) is 0 Å². The van der Waals surface area contributed by atoms with Crippen LogP contribution in [0.15, 0.2) is 53.1 Å². The quantitative estimate of drug-likeness (QED) is 0.564. The van der Waals surface area contributed by atoms with Crippen LogP contribution in [0.3, 0.4) is 0 Å². The van der Waals surface area contributed by atoms with Crippen molar-refractivity contribution in [3.05, 3.63) is 65.8 Å². The summed E-state index contributed by atoms with van der Waals surface area (Å²) >= 11 is 0. The number of carbonyl (C=O) groups is 2. The van der Waals surface area contributed by atoms with Gasteiger partial charge in [-0.05, 0) is 38.0 Å². The van der Waals surface area contributed by atoms with Crippen LogP contribution in [0, 0.1) is 5.82 Å². The molecular weight excluding hydrogens is 447 g/mol. The number of furan rings is 1. The molecule has 0 spiro atoms. The van der Waals surface area contributed by atoms with Crippen LogP contribution in [-0.4, -0.2) is 38.1 Å². The highest BCUT2D eigenvalue weighted by molar-refractivity contribution is 6.00. The normalized spacial score (nSPS) is 21.3. The van der Waals surface area contributed by atoms with E-state index in [2.05, 4.69) is 10.4 Å². The van der Waals surface area contributed by atoms with Crippen LogP contribution in [0.1, 0.15) is 67.9 Å². The number of hydrogen-bond acceptors (Lipinski definition) is 4. The SMILES string of the molecule is C[C@]1(C(=O)NC2CCCCCCC2)Cn2nc(-c3ccco3)cc2C(=O)N1Cc1ccccc1F. The van der Waals surface area contributed by atoms with Crippen molar-refractivity contribution in [2.75, 3.05) is 0 Å². The molecule has 3 heterocycles. The average molecular weight is 479 g/mol. The summed E-state index contributed by atoms with van der Waals surface area (Å²) < 4.78 is 21.6. The van der Waals surface area contributed by atoms with E-state index in [4.69, 9.17) is 4.42 Å². The van der Waals surface area contributed by atoms with Crippen LogP contribution in [-0.2, 0) is 17.9 Å². The summed E-state index contributed by atoms with van der Waals surface area (Å²) in [4.78, 5) is 29.1. The van der Waals surface area contributed by atoms with Crippen LogP contribution < -0.4 is 5.32 Å². The highest BCUT2D eigenvalue weighted by atomic mass is 19.1. The van der Waals surface area contributed by atoms with Gasteiger partial charge in [0.05, 0.1) is 19.4 Å². The number of hydrogen-bond donors (Lipinski definition) is 1. The first-order valence-corrected chi connectivity index (χ1v) is 12.4. The molecule has 2 amide bonds. The Kier molecular flexibility index (Phi) is 6.45. The summed E-state index contributed by atoms with van der Waals surface area (Å²) in [6.07, 6.45) is 9.15. The Morgan fingerprint density at radius 3 is 2.60 bits per heavy atom. The summed E-state index contributed by atoms with van der Waals surface area (Å²) in [5, 5.41) is 7.80. The van der Waals surface area contributed by atoms with Gasteiger partial charge in [0.2, 0.25) is 5.91 Å². The second-order valence-corrected chi connectivity index (χ2v) is 9.82. The Morgan fingerprint density at radius 1 is 1.14 bits per heavy atom. The molecule has 5 rings (SSSR count). The van der Waals surface area contributed by atoms with Gasteiger partial charge in [0.1, 0.15) is 22.7 Å². The summed E-state index contributed by atoms with van der Waals surface area (Å²) in [5.41, 5.74) is 0.00385. The summed E-state index contributed by atoms with van der Waals surface area (Å²) in [6.45, 7) is 1.91. The number of benzene rings is 1. The number of aromatic nitrogens is 2. The number of nitrogens with one attached hydrogen (secondary N) is 1. The molecule has 1 saturated carbocycles. The predicted molar refractivity (Wildman–Crippen MR) is 129 cm³/mol. The number of nitrogens with zero attached hydrogens (tertiary/aromatic N) is 3. The molecule has 0 saturated heterocycles. The lowest BCUT2D eigenvalue weighted by Gasteiger charge is -2.44. The van der Waals surface area contributed by atoms with Crippen molar-refractivity contribution in [2.45, 2.75) is 76.5 Å². The number of carbonyl (C=O) groups excluding carboxylic acids is 2. The van der Waals surface area contributed by atoms with Crippen molar-refractivity contribution >= 4 is 11.8 Å². The number of fused-ring (bicyclic) bond motifs is 1. The summed E-state index contributed by atoms with van der Waals surface area (Å²) in [6, 6.07) is 11.6. The molecule has 1 N–H and O–H groups in total. The molecule has 0 radical (unpaired) electrons. The molecule has 7 nitrogen and oxygen atoms in total. The van der Waals surface area contributed by atoms with Gasteiger partial charge < -0.3 is 14.6 Å². The first-order chi connectivity index (χ1) is 17.0. The van der Waals surface area contributed by atoms with Gasteiger partial charge in [0.25, 0.3) is 5.91 Å². The molecule has 1 atom stereocenters. The minimum atomic E-state index is -1.23. The smallest absolute Gasteiger partial charge is 0.273 e. The highest BCUT2D eigenvalue weighted by Crippen LogP contribution is 2.32. The second-order valence-electron chi connectivity index (χ2n) is 9.82. The van der Waals surface area contributed by atoms with Crippen molar-refractivity contribution in [2.24, 2.45) is 0 Å². The van der Waals surface area contributed by atoms with Crippen LogP contribution >= 0.6 is 0 Å². The second kappa shape index (κ2) is 9.68. The first kappa shape index (κ1) is 23.3. The molecule has 8 heteroatoms. The van der Waals surface area contributed by atoms with E-state index in [9.17, 15) is 14.0 Å². The fourth-order valence-electron chi connectivity index (χ4n) is 5.17. The molecule has 0 unspecified atom stereocenters. The third kappa shape index (κ3) is 4.61. The maximum Gasteiger partial charge on any atom is 0.273 e. The molecule has 3 aromatic rings. The molecule has 1 fully saturated rings. The Balaban J connectivity index is 1.49. The van der Waals surface area contributed by atoms with Gasteiger partial charge in [-0.15, -0.1) is 0 Å². The molecule has 1 aliphatic carbocycles. The number of amides is 2. The maximum atomic E-state index is 14.6. The van der Waals surface area contributed by atoms with Crippen molar-refractivity contribution < 1.29 is 18.4 Å². The van der Waals surface area contributed by atoms with Gasteiger partial charge in [-0.2, -0.15) is 5.10 Å². The molecule has 1 aromatic carbocycles. The lowest BCUT2D eigenvalue weighted by atomic mass is 9.91. The van der Waals surface area contributed by atoms with Crippen molar-refractivity contribution in [1.29, 1.82) is 0 Å². The Labute approximate surface area is 204 Å². The van der Waals surface area contributed by atoms with Crippen molar-refractivity contribution in [1.82, 2.24) is 20.0 Å². The Morgan fingerprint density at radius 2 is 1.89 bits per heavy atom. The van der Waals surface area contributed by atoms with E-state index < -0.39 is 11.4 Å². The van der Waals surface area contributed by atoms with Gasteiger partial charge in [0, 0.05) is 17.7 Å². The third-order valence-electron chi connectivity index (χ3n) is 7.29. The van der Waals surface area contributed by atoms with E-state index in [-0.39, 0.29) is 30.9 Å². The monoisotopic (exact) mass is 478 g/mol. The van der Waals surface area contributed by atoms with Crippen molar-refractivity contribution in [3.8, 4) is 11.5 Å². The fraction of sp³-hybridized carbons (Fsp3) is 0.444. The van der Waals surface area contributed by atoms with E-state index in [1.807, 2.05) is 0 Å². The highest BCUT2D eigenvalue weighted by Gasteiger charge is 2.48. The predicted octanol–water partition coefficient (Wildman–Crippen LogP) is 4.93. The van der Waals surface area contributed by atoms with E-state index >= 15 is 0 Å². The lowest BCUT2D eigenvalue weighted by molar-refractivity contribution is -0.134. The van der Waals surface area contributed by atoms with Gasteiger partial charge in [-0.1, -0.05) is 50.3 Å². The van der Waals surface area contributed by atoms with Crippen LogP contribution in [0.4, 0.5) is 4.39 Å². The Hall–Kier alpha value is -3.42. The summed E-state index contributed by atoms with van der Waals surface area (Å²) in [5.74, 6) is -0.451. The molecule has 1 aliphatic heterocycles. The molecule has 2 aliphatic rings. The molecule has 2 aromatic heterocycles.